The van der Waals surface area contributed by atoms with E-state index in [9.17, 15) is 4.79 Å². The zero-order valence-corrected chi connectivity index (χ0v) is 12.4. The van der Waals surface area contributed by atoms with Crippen LogP contribution in [0.25, 0.3) is 0 Å². The fraction of sp³-hybridized carbons (Fsp3) is 0.533. The van der Waals surface area contributed by atoms with Crippen LogP contribution in [0.2, 0.25) is 0 Å². The van der Waals surface area contributed by atoms with E-state index in [4.69, 9.17) is 9.47 Å². The average molecular weight is 265 g/mol. The summed E-state index contributed by atoms with van der Waals surface area (Å²) in [5, 5.41) is 0. The van der Waals surface area contributed by atoms with Gasteiger partial charge in [0.1, 0.15) is 11.3 Å². The van der Waals surface area contributed by atoms with Gasteiger partial charge in [0.2, 0.25) is 0 Å². The second kappa shape index (κ2) is 6.45. The number of esters is 1. The Morgan fingerprint density at radius 2 is 1.74 bits per heavy atom. The molecule has 0 N–H and O–H groups in total. The minimum absolute atomic E-state index is 0.230. The van der Waals surface area contributed by atoms with Crippen LogP contribution in [0.15, 0.2) is 24.3 Å². The van der Waals surface area contributed by atoms with Crippen LogP contribution in [0.1, 0.15) is 27.7 Å². The molecule has 0 saturated heterocycles. The lowest BCUT2D eigenvalue weighted by Gasteiger charge is -2.35. The first-order chi connectivity index (χ1) is 8.93. The molecular formula is C15H23NO3. The Bertz CT molecular complexity index is 412. The molecule has 0 aliphatic rings. The highest BCUT2D eigenvalue weighted by Gasteiger charge is 2.34. The number of ether oxygens (including phenoxy) is 2. The summed E-state index contributed by atoms with van der Waals surface area (Å²) < 4.78 is 10.5. The summed E-state index contributed by atoms with van der Waals surface area (Å²) in [6.45, 7) is 8.49. The second-order valence-corrected chi connectivity index (χ2v) is 4.77. The van der Waals surface area contributed by atoms with Crippen LogP contribution in [-0.4, -0.2) is 31.8 Å². The van der Waals surface area contributed by atoms with Crippen LogP contribution in [-0.2, 0) is 9.53 Å². The van der Waals surface area contributed by atoms with Gasteiger partial charge in [-0.3, -0.25) is 0 Å². The van der Waals surface area contributed by atoms with Crippen molar-refractivity contribution in [2.75, 3.05) is 25.2 Å². The molecule has 0 saturated carbocycles. The van der Waals surface area contributed by atoms with Crippen molar-refractivity contribution in [2.45, 2.75) is 33.2 Å². The number of likely N-dealkylation sites (N-methyl/N-ethyl adjacent to an activating group) is 1. The molecule has 4 heteroatoms. The Kier molecular flexibility index (Phi) is 5.21. The second-order valence-electron chi connectivity index (χ2n) is 4.77. The first-order valence-corrected chi connectivity index (χ1v) is 6.57. The van der Waals surface area contributed by atoms with E-state index in [2.05, 4.69) is 0 Å². The van der Waals surface area contributed by atoms with Crippen molar-refractivity contribution in [3.05, 3.63) is 24.3 Å². The largest absolute Gasteiger partial charge is 0.494 e. The average Bonchev–Trinajstić information content (AvgIpc) is 2.39. The maximum atomic E-state index is 12.0. The molecule has 0 fully saturated rings. The Labute approximate surface area is 115 Å². The maximum Gasteiger partial charge on any atom is 0.331 e. The van der Waals surface area contributed by atoms with Gasteiger partial charge in [-0.1, -0.05) is 0 Å². The van der Waals surface area contributed by atoms with E-state index >= 15 is 0 Å². The van der Waals surface area contributed by atoms with Gasteiger partial charge in [-0.15, -0.1) is 0 Å². The quantitative estimate of drug-likeness (QED) is 0.741. The number of carbonyl (C=O) groups excluding carboxylic acids is 1. The van der Waals surface area contributed by atoms with Crippen LogP contribution < -0.4 is 9.64 Å². The molecule has 0 heterocycles. The summed E-state index contributed by atoms with van der Waals surface area (Å²) in [4.78, 5) is 13.9. The van der Waals surface area contributed by atoms with E-state index in [1.807, 2.05) is 63.9 Å². The van der Waals surface area contributed by atoms with E-state index in [1.54, 1.807) is 0 Å². The highest BCUT2D eigenvalue weighted by molar-refractivity contribution is 5.84. The summed E-state index contributed by atoms with van der Waals surface area (Å²) in [6.07, 6.45) is 0. The molecule has 1 aromatic carbocycles. The summed E-state index contributed by atoms with van der Waals surface area (Å²) in [5.41, 5.74) is 0.241. The topological polar surface area (TPSA) is 38.8 Å². The fourth-order valence-corrected chi connectivity index (χ4v) is 1.70. The van der Waals surface area contributed by atoms with Crippen LogP contribution in [0.5, 0.6) is 5.75 Å². The van der Waals surface area contributed by atoms with Crippen molar-refractivity contribution in [1.29, 1.82) is 0 Å². The van der Waals surface area contributed by atoms with Crippen LogP contribution in [0.3, 0.4) is 0 Å². The van der Waals surface area contributed by atoms with E-state index < -0.39 is 5.54 Å². The van der Waals surface area contributed by atoms with Crippen LogP contribution >= 0.6 is 0 Å². The third kappa shape index (κ3) is 3.63. The molecule has 0 radical (unpaired) electrons. The Morgan fingerprint density at radius 1 is 1.16 bits per heavy atom. The summed E-state index contributed by atoms with van der Waals surface area (Å²) in [6, 6.07) is 7.67. The Balaban J connectivity index is 2.86. The molecule has 0 unspecified atom stereocenters. The van der Waals surface area contributed by atoms with Crippen molar-refractivity contribution in [3.8, 4) is 5.75 Å². The third-order valence-electron chi connectivity index (χ3n) is 3.15. The molecule has 106 valence electrons. The van der Waals surface area contributed by atoms with Crippen LogP contribution in [0.4, 0.5) is 5.69 Å². The van der Waals surface area contributed by atoms with Crippen molar-refractivity contribution in [3.63, 3.8) is 0 Å². The summed E-state index contributed by atoms with van der Waals surface area (Å²) in [7, 11) is 1.88. The number of nitrogens with zero attached hydrogens (tertiary/aromatic N) is 1. The molecule has 0 amide bonds. The van der Waals surface area contributed by atoms with E-state index in [0.717, 1.165) is 11.4 Å². The van der Waals surface area contributed by atoms with Crippen LogP contribution in [0, 0.1) is 0 Å². The predicted octanol–water partition coefficient (Wildman–Crippen LogP) is 2.86. The van der Waals surface area contributed by atoms with E-state index in [1.165, 1.54) is 0 Å². The van der Waals surface area contributed by atoms with Gasteiger partial charge in [-0.05, 0) is 52.0 Å². The van der Waals surface area contributed by atoms with Gasteiger partial charge in [-0.25, -0.2) is 4.79 Å². The van der Waals surface area contributed by atoms with Gasteiger partial charge in [-0.2, -0.15) is 0 Å². The summed E-state index contributed by atoms with van der Waals surface area (Å²) >= 11 is 0. The maximum absolute atomic E-state index is 12.0. The third-order valence-corrected chi connectivity index (χ3v) is 3.15. The molecule has 0 bridgehead atoms. The van der Waals surface area contributed by atoms with E-state index in [0.29, 0.717) is 13.2 Å². The minimum Gasteiger partial charge on any atom is -0.494 e. The Hall–Kier alpha value is -1.71. The molecule has 19 heavy (non-hydrogen) atoms. The number of hydrogen-bond acceptors (Lipinski definition) is 4. The van der Waals surface area contributed by atoms with Gasteiger partial charge in [0, 0.05) is 12.7 Å². The Morgan fingerprint density at radius 3 is 2.21 bits per heavy atom. The predicted molar refractivity (Wildman–Crippen MR) is 76.7 cm³/mol. The monoisotopic (exact) mass is 265 g/mol. The van der Waals surface area contributed by atoms with Gasteiger partial charge in [0.05, 0.1) is 13.2 Å². The molecule has 0 aliphatic carbocycles. The SMILES string of the molecule is CCOC(=O)C(C)(C)N(C)c1ccc(OCC)cc1. The normalized spacial score (nSPS) is 11.0. The molecule has 0 spiro atoms. The highest BCUT2D eigenvalue weighted by atomic mass is 16.5. The first kappa shape index (κ1) is 15.3. The highest BCUT2D eigenvalue weighted by Crippen LogP contribution is 2.25. The standard InChI is InChI=1S/C15H23NO3/c1-6-18-13-10-8-12(9-11-13)16(5)15(3,4)14(17)19-7-2/h8-11H,6-7H2,1-5H3. The van der Waals surface area contributed by atoms with E-state index in [-0.39, 0.29) is 5.97 Å². The summed E-state index contributed by atoms with van der Waals surface area (Å²) in [5.74, 6) is 0.597. The zero-order chi connectivity index (χ0) is 14.5. The van der Waals surface area contributed by atoms with Gasteiger partial charge in [0.15, 0.2) is 0 Å². The van der Waals surface area contributed by atoms with Gasteiger partial charge in [0.25, 0.3) is 0 Å². The number of rotatable bonds is 6. The number of hydrogen-bond donors (Lipinski definition) is 0. The lowest BCUT2D eigenvalue weighted by molar-refractivity contribution is -0.148. The number of carbonyl (C=O) groups is 1. The lowest BCUT2D eigenvalue weighted by Crippen LogP contribution is -2.49. The zero-order valence-electron chi connectivity index (χ0n) is 12.4. The van der Waals surface area contributed by atoms with Crippen molar-refractivity contribution >= 4 is 11.7 Å². The molecule has 1 rings (SSSR count). The molecule has 0 aliphatic heterocycles. The first-order valence-electron chi connectivity index (χ1n) is 6.57. The lowest BCUT2D eigenvalue weighted by atomic mass is 10.0. The molecule has 0 atom stereocenters. The van der Waals surface area contributed by atoms with Crippen molar-refractivity contribution in [1.82, 2.24) is 0 Å². The van der Waals surface area contributed by atoms with Crippen molar-refractivity contribution < 1.29 is 14.3 Å². The van der Waals surface area contributed by atoms with Crippen molar-refractivity contribution in [2.24, 2.45) is 0 Å². The molecule has 1 aromatic rings. The molecule has 4 nitrogen and oxygen atoms in total. The van der Waals surface area contributed by atoms with Gasteiger partial charge < -0.3 is 14.4 Å². The van der Waals surface area contributed by atoms with Gasteiger partial charge >= 0.3 is 5.97 Å². The molecule has 0 aromatic heterocycles. The minimum atomic E-state index is -0.705. The molecular weight excluding hydrogens is 242 g/mol. The number of benzene rings is 1. The fourth-order valence-electron chi connectivity index (χ4n) is 1.70. The number of anilines is 1. The smallest absolute Gasteiger partial charge is 0.331 e.